The standard InChI is InChI=1S/C18H20O2/c1-14(17-8-4-6-15(10-17)12-19-2)18-9-5-7-16(11-18)13-20-3/h4-11H,1,12-13H2,2-3H3. The van der Waals surface area contributed by atoms with Gasteiger partial charge in [-0.05, 0) is 40.0 Å². The van der Waals surface area contributed by atoms with Gasteiger partial charge in [0, 0.05) is 14.2 Å². The molecule has 2 nitrogen and oxygen atoms in total. The van der Waals surface area contributed by atoms with Crippen molar-refractivity contribution in [2.24, 2.45) is 0 Å². The molecule has 0 aliphatic carbocycles. The van der Waals surface area contributed by atoms with Crippen LogP contribution in [0.2, 0.25) is 0 Å². The second-order valence-corrected chi connectivity index (χ2v) is 4.75. The lowest BCUT2D eigenvalue weighted by atomic mass is 9.97. The van der Waals surface area contributed by atoms with Gasteiger partial charge in [0.1, 0.15) is 0 Å². The Morgan fingerprint density at radius 3 is 1.70 bits per heavy atom. The topological polar surface area (TPSA) is 18.5 Å². The van der Waals surface area contributed by atoms with Gasteiger partial charge in [0.05, 0.1) is 13.2 Å². The minimum Gasteiger partial charge on any atom is -0.380 e. The van der Waals surface area contributed by atoms with Crippen molar-refractivity contribution in [1.29, 1.82) is 0 Å². The third kappa shape index (κ3) is 3.56. The van der Waals surface area contributed by atoms with E-state index in [1.54, 1.807) is 14.2 Å². The average Bonchev–Trinajstić information content (AvgIpc) is 2.48. The molecule has 0 atom stereocenters. The van der Waals surface area contributed by atoms with Gasteiger partial charge in [0.15, 0.2) is 0 Å². The molecule has 0 fully saturated rings. The lowest BCUT2D eigenvalue weighted by Gasteiger charge is -2.10. The van der Waals surface area contributed by atoms with Gasteiger partial charge in [0.2, 0.25) is 0 Å². The fraction of sp³-hybridized carbons (Fsp3) is 0.222. The lowest BCUT2D eigenvalue weighted by Crippen LogP contribution is -1.93. The third-order valence-corrected chi connectivity index (χ3v) is 3.17. The quantitative estimate of drug-likeness (QED) is 0.787. The van der Waals surface area contributed by atoms with Gasteiger partial charge < -0.3 is 9.47 Å². The normalized spacial score (nSPS) is 10.5. The number of hydrogen-bond donors (Lipinski definition) is 0. The van der Waals surface area contributed by atoms with Gasteiger partial charge in [0.25, 0.3) is 0 Å². The maximum Gasteiger partial charge on any atom is 0.0713 e. The van der Waals surface area contributed by atoms with E-state index < -0.39 is 0 Å². The highest BCUT2D eigenvalue weighted by molar-refractivity contribution is 5.78. The van der Waals surface area contributed by atoms with Crippen LogP contribution in [0.1, 0.15) is 22.3 Å². The Labute approximate surface area is 120 Å². The van der Waals surface area contributed by atoms with E-state index >= 15 is 0 Å². The van der Waals surface area contributed by atoms with Crippen LogP contribution in [0.4, 0.5) is 0 Å². The summed E-state index contributed by atoms with van der Waals surface area (Å²) in [5.74, 6) is 0. The smallest absolute Gasteiger partial charge is 0.0713 e. The molecule has 0 aliphatic rings. The summed E-state index contributed by atoms with van der Waals surface area (Å²) >= 11 is 0. The van der Waals surface area contributed by atoms with Crippen molar-refractivity contribution in [3.63, 3.8) is 0 Å². The molecular formula is C18H20O2. The molecular weight excluding hydrogens is 248 g/mol. The highest BCUT2D eigenvalue weighted by Crippen LogP contribution is 2.23. The summed E-state index contributed by atoms with van der Waals surface area (Å²) < 4.78 is 10.3. The van der Waals surface area contributed by atoms with E-state index in [-0.39, 0.29) is 0 Å². The number of methoxy groups -OCH3 is 2. The highest BCUT2D eigenvalue weighted by atomic mass is 16.5. The van der Waals surface area contributed by atoms with E-state index in [4.69, 9.17) is 9.47 Å². The first-order valence-electron chi connectivity index (χ1n) is 6.60. The monoisotopic (exact) mass is 268 g/mol. The molecule has 0 saturated heterocycles. The molecule has 0 bridgehead atoms. The summed E-state index contributed by atoms with van der Waals surface area (Å²) in [5.41, 5.74) is 5.56. The van der Waals surface area contributed by atoms with Crippen molar-refractivity contribution < 1.29 is 9.47 Å². The Hall–Kier alpha value is -1.90. The Morgan fingerprint density at radius 2 is 1.30 bits per heavy atom. The van der Waals surface area contributed by atoms with Crippen LogP contribution in [0.5, 0.6) is 0 Å². The van der Waals surface area contributed by atoms with Crippen LogP contribution in [0, 0.1) is 0 Å². The molecule has 104 valence electrons. The van der Waals surface area contributed by atoms with Gasteiger partial charge in [-0.2, -0.15) is 0 Å². The Balaban J connectivity index is 2.26. The fourth-order valence-corrected chi connectivity index (χ4v) is 2.20. The maximum atomic E-state index is 5.17. The number of rotatable bonds is 6. The number of ether oxygens (including phenoxy) is 2. The first-order valence-corrected chi connectivity index (χ1v) is 6.60. The van der Waals surface area contributed by atoms with Crippen molar-refractivity contribution in [3.05, 3.63) is 77.4 Å². The largest absolute Gasteiger partial charge is 0.380 e. The number of benzene rings is 2. The van der Waals surface area contributed by atoms with Crippen LogP contribution >= 0.6 is 0 Å². The molecule has 0 aromatic heterocycles. The zero-order chi connectivity index (χ0) is 14.4. The molecule has 0 radical (unpaired) electrons. The zero-order valence-electron chi connectivity index (χ0n) is 12.1. The van der Waals surface area contributed by atoms with Crippen LogP contribution in [0.3, 0.4) is 0 Å². The van der Waals surface area contributed by atoms with Crippen molar-refractivity contribution in [1.82, 2.24) is 0 Å². The average molecular weight is 268 g/mol. The summed E-state index contributed by atoms with van der Waals surface area (Å²) in [6, 6.07) is 16.6. The van der Waals surface area contributed by atoms with Gasteiger partial charge in [-0.3, -0.25) is 0 Å². The predicted octanol–water partition coefficient (Wildman–Crippen LogP) is 4.04. The molecule has 0 amide bonds. The first kappa shape index (κ1) is 14.5. The van der Waals surface area contributed by atoms with E-state index in [0.29, 0.717) is 13.2 Å². The van der Waals surface area contributed by atoms with Crippen molar-refractivity contribution >= 4 is 5.57 Å². The second-order valence-electron chi connectivity index (χ2n) is 4.75. The third-order valence-electron chi connectivity index (χ3n) is 3.17. The molecule has 2 aromatic rings. The van der Waals surface area contributed by atoms with E-state index in [9.17, 15) is 0 Å². The molecule has 2 heteroatoms. The summed E-state index contributed by atoms with van der Waals surface area (Å²) in [6.45, 7) is 5.45. The summed E-state index contributed by atoms with van der Waals surface area (Å²) in [4.78, 5) is 0. The second kappa shape index (κ2) is 7.04. The van der Waals surface area contributed by atoms with Crippen LogP contribution in [-0.2, 0) is 22.7 Å². The molecule has 0 spiro atoms. The van der Waals surface area contributed by atoms with Gasteiger partial charge >= 0.3 is 0 Å². The first-order chi connectivity index (χ1) is 9.74. The van der Waals surface area contributed by atoms with Gasteiger partial charge in [-0.25, -0.2) is 0 Å². The maximum absolute atomic E-state index is 5.17. The van der Waals surface area contributed by atoms with Crippen molar-refractivity contribution in [3.8, 4) is 0 Å². The Morgan fingerprint density at radius 1 is 0.850 bits per heavy atom. The van der Waals surface area contributed by atoms with Crippen LogP contribution in [-0.4, -0.2) is 14.2 Å². The molecule has 0 N–H and O–H groups in total. The molecule has 2 aromatic carbocycles. The highest BCUT2D eigenvalue weighted by Gasteiger charge is 2.04. The molecule has 0 aliphatic heterocycles. The molecule has 0 unspecified atom stereocenters. The molecule has 2 rings (SSSR count). The van der Waals surface area contributed by atoms with E-state index in [2.05, 4.69) is 43.0 Å². The van der Waals surface area contributed by atoms with E-state index in [1.807, 2.05) is 12.1 Å². The zero-order valence-corrected chi connectivity index (χ0v) is 12.1. The fourth-order valence-electron chi connectivity index (χ4n) is 2.20. The van der Waals surface area contributed by atoms with Crippen molar-refractivity contribution in [2.45, 2.75) is 13.2 Å². The van der Waals surface area contributed by atoms with Crippen LogP contribution in [0.25, 0.3) is 5.57 Å². The van der Waals surface area contributed by atoms with Gasteiger partial charge in [-0.1, -0.05) is 43.0 Å². The SMILES string of the molecule is C=C(c1cccc(COC)c1)c1cccc(COC)c1. The molecule has 0 saturated carbocycles. The summed E-state index contributed by atoms with van der Waals surface area (Å²) in [7, 11) is 3.41. The minimum atomic E-state index is 0.616. The van der Waals surface area contributed by atoms with Gasteiger partial charge in [-0.15, -0.1) is 0 Å². The van der Waals surface area contributed by atoms with E-state index in [0.717, 1.165) is 27.8 Å². The Kier molecular flexibility index (Phi) is 5.10. The van der Waals surface area contributed by atoms with E-state index in [1.165, 1.54) is 0 Å². The van der Waals surface area contributed by atoms with Crippen LogP contribution in [0.15, 0.2) is 55.1 Å². The summed E-state index contributed by atoms with van der Waals surface area (Å²) in [5, 5.41) is 0. The van der Waals surface area contributed by atoms with Crippen molar-refractivity contribution in [2.75, 3.05) is 14.2 Å². The van der Waals surface area contributed by atoms with Crippen LogP contribution < -0.4 is 0 Å². The lowest BCUT2D eigenvalue weighted by molar-refractivity contribution is 0.185. The Bertz CT molecular complexity index is 536. The summed E-state index contributed by atoms with van der Waals surface area (Å²) in [6.07, 6.45) is 0. The minimum absolute atomic E-state index is 0.616. The number of hydrogen-bond acceptors (Lipinski definition) is 2. The predicted molar refractivity (Wildman–Crippen MR) is 82.4 cm³/mol. The molecule has 0 heterocycles. The molecule has 20 heavy (non-hydrogen) atoms.